The molecule has 0 aliphatic rings. The van der Waals surface area contributed by atoms with Gasteiger partial charge < -0.3 is 10.1 Å². The van der Waals surface area contributed by atoms with Gasteiger partial charge in [-0.2, -0.15) is 0 Å². The summed E-state index contributed by atoms with van der Waals surface area (Å²) in [5.74, 6) is 1.83. The number of aromatic amines is 1. The minimum Gasteiger partial charge on any atom is -0.486 e. The molecule has 152 valence electrons. The van der Waals surface area contributed by atoms with Crippen LogP contribution in [0.4, 0.5) is 5.69 Å². The van der Waals surface area contributed by atoms with Crippen LogP contribution < -0.4 is 10.1 Å². The number of carbonyl (C=O) groups excluding carboxylic acids is 1. The highest BCUT2D eigenvalue weighted by atomic mass is 79.9. The van der Waals surface area contributed by atoms with E-state index in [9.17, 15) is 4.79 Å². The van der Waals surface area contributed by atoms with E-state index in [1.54, 1.807) is 0 Å². The van der Waals surface area contributed by atoms with E-state index >= 15 is 0 Å². The summed E-state index contributed by atoms with van der Waals surface area (Å²) in [5.41, 5.74) is 3.05. The smallest absolute Gasteiger partial charge is 0.234 e. The summed E-state index contributed by atoms with van der Waals surface area (Å²) in [5, 5.41) is 10.5. The predicted octanol–water partition coefficient (Wildman–Crippen LogP) is 5.31. The second kappa shape index (κ2) is 9.93. The van der Waals surface area contributed by atoms with Gasteiger partial charge in [0.25, 0.3) is 0 Å². The number of anilines is 1. The molecule has 1 heterocycles. The van der Waals surface area contributed by atoms with Gasteiger partial charge in [0.2, 0.25) is 11.1 Å². The van der Waals surface area contributed by atoms with Crippen molar-refractivity contribution >= 4 is 39.3 Å². The number of nitrogens with one attached hydrogen (secondary N) is 2. The number of carbonyl (C=O) groups is 1. The van der Waals surface area contributed by atoms with Gasteiger partial charge in [-0.05, 0) is 54.3 Å². The van der Waals surface area contributed by atoms with Gasteiger partial charge in [0.05, 0.1) is 5.75 Å². The predicted molar refractivity (Wildman–Crippen MR) is 119 cm³/mol. The molecule has 0 spiro atoms. The molecule has 0 saturated heterocycles. The first-order valence-electron chi connectivity index (χ1n) is 9.23. The third kappa shape index (κ3) is 6.33. The summed E-state index contributed by atoms with van der Waals surface area (Å²) < 4.78 is 6.70. The third-order valence-electron chi connectivity index (χ3n) is 4.12. The first-order valence-corrected chi connectivity index (χ1v) is 11.0. The second-order valence-electron chi connectivity index (χ2n) is 6.89. The average Bonchev–Trinajstić information content (AvgIpc) is 3.14. The molecule has 2 N–H and O–H groups in total. The van der Waals surface area contributed by atoms with Crippen LogP contribution in [0, 0.1) is 6.92 Å². The van der Waals surface area contributed by atoms with Crippen molar-refractivity contribution in [2.45, 2.75) is 38.5 Å². The zero-order valence-corrected chi connectivity index (χ0v) is 18.9. The highest BCUT2D eigenvalue weighted by molar-refractivity contribution is 9.10. The lowest BCUT2D eigenvalue weighted by molar-refractivity contribution is -0.113. The lowest BCUT2D eigenvalue weighted by atomic mass is 10.0. The number of amides is 1. The molecule has 0 bridgehead atoms. The number of rotatable bonds is 8. The van der Waals surface area contributed by atoms with E-state index in [-0.39, 0.29) is 11.7 Å². The highest BCUT2D eigenvalue weighted by Gasteiger charge is 2.12. The summed E-state index contributed by atoms with van der Waals surface area (Å²) in [6.45, 7) is 6.50. The number of benzene rings is 2. The van der Waals surface area contributed by atoms with Gasteiger partial charge in [-0.1, -0.05) is 53.7 Å². The fourth-order valence-electron chi connectivity index (χ4n) is 2.71. The van der Waals surface area contributed by atoms with Crippen molar-refractivity contribution in [3.05, 3.63) is 63.9 Å². The first kappa shape index (κ1) is 21.4. The zero-order valence-electron chi connectivity index (χ0n) is 16.5. The zero-order chi connectivity index (χ0) is 20.8. The van der Waals surface area contributed by atoms with Crippen LogP contribution in [0.25, 0.3) is 0 Å². The first-order chi connectivity index (χ1) is 13.9. The highest BCUT2D eigenvalue weighted by Crippen LogP contribution is 2.28. The number of halogens is 1. The van der Waals surface area contributed by atoms with Gasteiger partial charge in [0, 0.05) is 10.2 Å². The minimum absolute atomic E-state index is 0.0958. The summed E-state index contributed by atoms with van der Waals surface area (Å²) in [7, 11) is 0. The van der Waals surface area contributed by atoms with Crippen molar-refractivity contribution < 1.29 is 9.53 Å². The Balaban J connectivity index is 1.51. The summed E-state index contributed by atoms with van der Waals surface area (Å²) >= 11 is 4.76. The van der Waals surface area contributed by atoms with Gasteiger partial charge in [-0.15, -0.1) is 5.10 Å². The molecular formula is C21H23BrN4O2S. The Morgan fingerprint density at radius 2 is 2.10 bits per heavy atom. The van der Waals surface area contributed by atoms with Crippen LogP contribution in [-0.4, -0.2) is 26.8 Å². The fraction of sp³-hybridized carbons (Fsp3) is 0.286. The topological polar surface area (TPSA) is 79.9 Å². The molecule has 0 aliphatic carbocycles. The second-order valence-corrected chi connectivity index (χ2v) is 8.75. The molecule has 0 unspecified atom stereocenters. The molecule has 0 radical (unpaired) electrons. The minimum atomic E-state index is -0.0958. The summed E-state index contributed by atoms with van der Waals surface area (Å²) in [4.78, 5) is 16.7. The molecule has 6 nitrogen and oxygen atoms in total. The van der Waals surface area contributed by atoms with Gasteiger partial charge in [-0.25, -0.2) is 4.98 Å². The van der Waals surface area contributed by atoms with E-state index in [0.29, 0.717) is 23.5 Å². The number of ether oxygens (including phenoxy) is 1. The van der Waals surface area contributed by atoms with Gasteiger partial charge in [-0.3, -0.25) is 9.89 Å². The Hall–Kier alpha value is -2.32. The van der Waals surface area contributed by atoms with Crippen molar-refractivity contribution in [1.82, 2.24) is 15.2 Å². The molecule has 1 amide bonds. The van der Waals surface area contributed by atoms with E-state index in [4.69, 9.17) is 4.74 Å². The van der Waals surface area contributed by atoms with E-state index in [0.717, 1.165) is 27.0 Å². The Morgan fingerprint density at radius 3 is 2.86 bits per heavy atom. The van der Waals surface area contributed by atoms with Crippen molar-refractivity contribution in [3.63, 3.8) is 0 Å². The number of H-pyrrole nitrogens is 1. The fourth-order valence-corrected chi connectivity index (χ4v) is 3.70. The standard InChI is InChI=1S/C21H23BrN4O2S/c1-13(2)17-10-15(22)7-8-18(17)23-20(27)12-29-21-24-19(25-26-21)11-28-16-6-4-5-14(3)9-16/h4-10,13H,11-12H2,1-3H3,(H,23,27)(H,24,25,26). The van der Waals surface area contributed by atoms with Crippen LogP contribution in [0.1, 0.15) is 36.7 Å². The molecule has 0 fully saturated rings. The Kier molecular flexibility index (Phi) is 7.33. The number of nitrogens with zero attached hydrogens (tertiary/aromatic N) is 2. The third-order valence-corrected chi connectivity index (χ3v) is 5.46. The number of hydrogen-bond donors (Lipinski definition) is 2. The Labute approximate surface area is 183 Å². The number of aromatic nitrogens is 3. The molecule has 8 heteroatoms. The Morgan fingerprint density at radius 1 is 1.28 bits per heavy atom. The van der Waals surface area contributed by atoms with Crippen molar-refractivity contribution in [3.8, 4) is 5.75 Å². The lowest BCUT2D eigenvalue weighted by Gasteiger charge is -2.14. The maximum absolute atomic E-state index is 12.4. The summed E-state index contributed by atoms with van der Waals surface area (Å²) in [6.07, 6.45) is 0. The molecule has 0 aliphatic heterocycles. The van der Waals surface area contributed by atoms with Crippen LogP contribution in [0.5, 0.6) is 5.75 Å². The van der Waals surface area contributed by atoms with Crippen LogP contribution in [0.2, 0.25) is 0 Å². The van der Waals surface area contributed by atoms with Crippen LogP contribution in [0.3, 0.4) is 0 Å². The number of aryl methyl sites for hydroxylation is 1. The van der Waals surface area contributed by atoms with Crippen LogP contribution in [-0.2, 0) is 11.4 Å². The monoisotopic (exact) mass is 474 g/mol. The lowest BCUT2D eigenvalue weighted by Crippen LogP contribution is -2.15. The van der Waals surface area contributed by atoms with Gasteiger partial charge in [0.1, 0.15) is 12.4 Å². The normalized spacial score (nSPS) is 10.9. The molecule has 1 aromatic heterocycles. The maximum atomic E-state index is 12.4. The molecule has 29 heavy (non-hydrogen) atoms. The molecule has 3 rings (SSSR count). The largest absolute Gasteiger partial charge is 0.486 e. The Bertz CT molecular complexity index is 990. The molecular weight excluding hydrogens is 452 g/mol. The van der Waals surface area contributed by atoms with Gasteiger partial charge >= 0.3 is 0 Å². The molecule has 3 aromatic rings. The van der Waals surface area contributed by atoms with E-state index < -0.39 is 0 Å². The van der Waals surface area contributed by atoms with E-state index in [1.165, 1.54) is 11.8 Å². The molecule has 0 saturated carbocycles. The number of thioether (sulfide) groups is 1. The molecule has 0 atom stereocenters. The van der Waals surface area contributed by atoms with E-state index in [1.807, 2.05) is 49.4 Å². The van der Waals surface area contributed by atoms with Crippen molar-refractivity contribution in [2.75, 3.05) is 11.1 Å². The van der Waals surface area contributed by atoms with Gasteiger partial charge in [0.15, 0.2) is 5.82 Å². The SMILES string of the molecule is Cc1cccc(OCc2nc(SCC(=O)Nc3ccc(Br)cc3C(C)C)n[nH]2)c1. The van der Waals surface area contributed by atoms with Crippen LogP contribution in [0.15, 0.2) is 52.1 Å². The van der Waals surface area contributed by atoms with E-state index in [2.05, 4.69) is 50.3 Å². The summed E-state index contributed by atoms with van der Waals surface area (Å²) in [6, 6.07) is 13.7. The van der Waals surface area contributed by atoms with Crippen LogP contribution >= 0.6 is 27.7 Å². The molecule has 2 aromatic carbocycles. The maximum Gasteiger partial charge on any atom is 0.234 e. The quantitative estimate of drug-likeness (QED) is 0.432. The van der Waals surface area contributed by atoms with Crippen molar-refractivity contribution in [2.24, 2.45) is 0 Å². The average molecular weight is 475 g/mol. The van der Waals surface area contributed by atoms with Crippen molar-refractivity contribution in [1.29, 1.82) is 0 Å². The number of hydrogen-bond acceptors (Lipinski definition) is 5.